The van der Waals surface area contributed by atoms with Crippen LogP contribution in [0, 0.1) is 10.1 Å². The molecule has 8 heteroatoms. The summed E-state index contributed by atoms with van der Waals surface area (Å²) < 4.78 is 5.40. The first kappa shape index (κ1) is 11.2. The van der Waals surface area contributed by atoms with Gasteiger partial charge in [0, 0.05) is 12.3 Å². The number of aromatic amines is 1. The lowest BCUT2D eigenvalue weighted by Gasteiger charge is -1.96. The number of rotatable bonds is 4. The Morgan fingerprint density at radius 1 is 1.42 bits per heavy atom. The molecule has 19 heavy (non-hydrogen) atoms. The number of fused-ring (bicyclic) bond motifs is 1. The van der Waals surface area contributed by atoms with Crippen molar-refractivity contribution in [3.63, 3.8) is 0 Å². The van der Waals surface area contributed by atoms with E-state index in [1.165, 1.54) is 12.1 Å². The van der Waals surface area contributed by atoms with Crippen LogP contribution in [0.15, 0.2) is 34.9 Å². The SMILES string of the molecule is O=[N+]([O-])c1ccc2nc(NCc3ccn[nH]3)oc2c1. The van der Waals surface area contributed by atoms with Gasteiger partial charge >= 0.3 is 0 Å². The average Bonchev–Trinajstić information content (AvgIpc) is 3.04. The molecule has 8 nitrogen and oxygen atoms in total. The van der Waals surface area contributed by atoms with Crippen molar-refractivity contribution in [3.05, 3.63) is 46.3 Å². The average molecular weight is 259 g/mol. The second-order valence-electron chi connectivity index (χ2n) is 3.86. The summed E-state index contributed by atoms with van der Waals surface area (Å²) in [7, 11) is 0. The number of non-ortho nitro benzene ring substituents is 1. The van der Waals surface area contributed by atoms with E-state index in [2.05, 4.69) is 20.5 Å². The number of hydrogen-bond donors (Lipinski definition) is 2. The van der Waals surface area contributed by atoms with E-state index in [0.29, 0.717) is 23.7 Å². The molecular formula is C11H9N5O3. The van der Waals surface area contributed by atoms with Gasteiger partial charge in [0.05, 0.1) is 23.2 Å². The van der Waals surface area contributed by atoms with Crippen LogP contribution in [0.2, 0.25) is 0 Å². The van der Waals surface area contributed by atoms with Crippen molar-refractivity contribution in [2.75, 3.05) is 5.32 Å². The maximum atomic E-state index is 10.6. The highest BCUT2D eigenvalue weighted by Crippen LogP contribution is 2.23. The van der Waals surface area contributed by atoms with Crippen LogP contribution < -0.4 is 5.32 Å². The first-order chi connectivity index (χ1) is 9.22. The molecule has 0 aliphatic rings. The molecule has 1 aromatic carbocycles. The molecule has 0 spiro atoms. The predicted molar refractivity (Wildman–Crippen MR) is 66.6 cm³/mol. The summed E-state index contributed by atoms with van der Waals surface area (Å²) in [5, 5.41) is 20.2. The lowest BCUT2D eigenvalue weighted by Crippen LogP contribution is -1.99. The minimum atomic E-state index is -0.473. The van der Waals surface area contributed by atoms with E-state index in [9.17, 15) is 10.1 Å². The van der Waals surface area contributed by atoms with E-state index in [1.807, 2.05) is 6.07 Å². The standard InChI is InChI=1S/C11H9N5O3/c17-16(18)8-1-2-9-10(5-8)19-11(14-9)12-6-7-3-4-13-15-7/h1-5H,6H2,(H,12,14)(H,13,15). The number of H-pyrrole nitrogens is 1. The Hall–Kier alpha value is -2.90. The summed E-state index contributed by atoms with van der Waals surface area (Å²) in [4.78, 5) is 14.4. The molecule has 2 heterocycles. The molecule has 0 aliphatic heterocycles. The number of nitrogens with zero attached hydrogens (tertiary/aromatic N) is 3. The van der Waals surface area contributed by atoms with E-state index < -0.39 is 4.92 Å². The topological polar surface area (TPSA) is 110 Å². The van der Waals surface area contributed by atoms with E-state index in [-0.39, 0.29) is 5.69 Å². The van der Waals surface area contributed by atoms with Gasteiger partial charge in [-0.3, -0.25) is 15.2 Å². The van der Waals surface area contributed by atoms with Gasteiger partial charge in [0.15, 0.2) is 5.58 Å². The summed E-state index contributed by atoms with van der Waals surface area (Å²) in [6, 6.07) is 6.43. The number of oxazole rings is 1. The van der Waals surface area contributed by atoms with Crippen molar-refractivity contribution >= 4 is 22.8 Å². The fraction of sp³-hybridized carbons (Fsp3) is 0.0909. The Labute approximate surface area is 106 Å². The Balaban J connectivity index is 1.83. The second kappa shape index (κ2) is 4.41. The number of hydrogen-bond acceptors (Lipinski definition) is 6. The number of nitro benzene ring substituents is 1. The fourth-order valence-electron chi connectivity index (χ4n) is 1.66. The molecule has 96 valence electrons. The van der Waals surface area contributed by atoms with Gasteiger partial charge in [0.25, 0.3) is 11.7 Å². The molecule has 0 amide bonds. The fourth-order valence-corrected chi connectivity index (χ4v) is 1.66. The lowest BCUT2D eigenvalue weighted by atomic mass is 10.3. The molecule has 0 fully saturated rings. The number of nitrogens with one attached hydrogen (secondary N) is 2. The summed E-state index contributed by atoms with van der Waals surface area (Å²) >= 11 is 0. The summed E-state index contributed by atoms with van der Waals surface area (Å²) in [5.74, 6) is 0. The van der Waals surface area contributed by atoms with Gasteiger partial charge in [-0.1, -0.05) is 0 Å². The van der Waals surface area contributed by atoms with Crippen LogP contribution in [-0.2, 0) is 6.54 Å². The van der Waals surface area contributed by atoms with Gasteiger partial charge < -0.3 is 9.73 Å². The van der Waals surface area contributed by atoms with Crippen molar-refractivity contribution in [1.82, 2.24) is 15.2 Å². The van der Waals surface area contributed by atoms with E-state index in [0.717, 1.165) is 5.69 Å². The number of anilines is 1. The smallest absolute Gasteiger partial charge is 0.296 e. The van der Waals surface area contributed by atoms with Crippen molar-refractivity contribution in [3.8, 4) is 0 Å². The van der Waals surface area contributed by atoms with Gasteiger partial charge in [0.1, 0.15) is 5.52 Å². The quantitative estimate of drug-likeness (QED) is 0.548. The highest BCUT2D eigenvalue weighted by atomic mass is 16.6. The molecule has 3 aromatic rings. The van der Waals surface area contributed by atoms with Crippen molar-refractivity contribution in [2.24, 2.45) is 0 Å². The maximum absolute atomic E-state index is 10.6. The van der Waals surface area contributed by atoms with E-state index >= 15 is 0 Å². The maximum Gasteiger partial charge on any atom is 0.296 e. The number of aromatic nitrogens is 3. The third kappa shape index (κ3) is 2.23. The number of nitro groups is 1. The van der Waals surface area contributed by atoms with Crippen LogP contribution >= 0.6 is 0 Å². The first-order valence-electron chi connectivity index (χ1n) is 5.49. The lowest BCUT2D eigenvalue weighted by molar-refractivity contribution is -0.384. The molecule has 2 N–H and O–H groups in total. The van der Waals surface area contributed by atoms with E-state index in [4.69, 9.17) is 4.42 Å². The van der Waals surface area contributed by atoms with Gasteiger partial charge in [-0.2, -0.15) is 10.1 Å². The van der Waals surface area contributed by atoms with Crippen LogP contribution in [0.5, 0.6) is 0 Å². The van der Waals surface area contributed by atoms with Crippen molar-refractivity contribution in [1.29, 1.82) is 0 Å². The predicted octanol–water partition coefficient (Wildman–Crippen LogP) is 2.07. The van der Waals surface area contributed by atoms with Gasteiger partial charge in [-0.25, -0.2) is 0 Å². The Kier molecular flexibility index (Phi) is 2.60. The van der Waals surface area contributed by atoms with Crippen LogP contribution in [0.4, 0.5) is 11.7 Å². The molecular weight excluding hydrogens is 250 g/mol. The van der Waals surface area contributed by atoms with Gasteiger partial charge in [0.2, 0.25) is 0 Å². The molecule has 0 atom stereocenters. The van der Waals surface area contributed by atoms with Crippen molar-refractivity contribution < 1.29 is 9.34 Å². The van der Waals surface area contributed by atoms with Crippen LogP contribution in [0.3, 0.4) is 0 Å². The largest absolute Gasteiger partial charge is 0.423 e. The molecule has 0 saturated carbocycles. The summed E-state index contributed by atoms with van der Waals surface area (Å²) in [5.41, 5.74) is 1.80. The zero-order valence-electron chi connectivity index (χ0n) is 9.66. The molecule has 3 rings (SSSR count). The minimum Gasteiger partial charge on any atom is -0.423 e. The van der Waals surface area contributed by atoms with Crippen LogP contribution in [0.1, 0.15) is 5.69 Å². The zero-order chi connectivity index (χ0) is 13.2. The highest BCUT2D eigenvalue weighted by molar-refractivity contribution is 5.77. The van der Waals surface area contributed by atoms with Gasteiger partial charge in [-0.05, 0) is 12.1 Å². The van der Waals surface area contributed by atoms with Gasteiger partial charge in [-0.15, -0.1) is 0 Å². The third-order valence-corrected chi connectivity index (χ3v) is 2.57. The Morgan fingerprint density at radius 2 is 2.32 bits per heavy atom. The summed E-state index contributed by atoms with van der Waals surface area (Å²) in [6.45, 7) is 0.481. The van der Waals surface area contributed by atoms with E-state index in [1.54, 1.807) is 12.3 Å². The molecule has 0 aliphatic carbocycles. The summed E-state index contributed by atoms with van der Waals surface area (Å²) in [6.07, 6.45) is 1.65. The Morgan fingerprint density at radius 3 is 3.05 bits per heavy atom. The third-order valence-electron chi connectivity index (χ3n) is 2.57. The minimum absolute atomic E-state index is 0.0243. The molecule has 0 bridgehead atoms. The first-order valence-corrected chi connectivity index (χ1v) is 5.49. The van der Waals surface area contributed by atoms with Crippen LogP contribution in [-0.4, -0.2) is 20.1 Å². The molecule has 0 unspecified atom stereocenters. The monoisotopic (exact) mass is 259 g/mol. The molecule has 0 saturated heterocycles. The highest BCUT2D eigenvalue weighted by Gasteiger charge is 2.11. The molecule has 0 radical (unpaired) electrons. The zero-order valence-corrected chi connectivity index (χ0v) is 9.66. The molecule has 2 aromatic heterocycles. The number of benzene rings is 1. The van der Waals surface area contributed by atoms with Crippen molar-refractivity contribution in [2.45, 2.75) is 6.54 Å². The van der Waals surface area contributed by atoms with Crippen LogP contribution in [0.25, 0.3) is 11.1 Å². The second-order valence-corrected chi connectivity index (χ2v) is 3.86. The normalized spacial score (nSPS) is 10.7. The Bertz CT molecular complexity index is 719.